The number of rotatable bonds is 6. The maximum Gasteiger partial charge on any atom is 0.338 e. The quantitative estimate of drug-likeness (QED) is 0.536. The van der Waals surface area contributed by atoms with Crippen LogP contribution in [0.15, 0.2) is 55.6 Å². The number of hydrogen-bond donors (Lipinski definition) is 0. The smallest absolute Gasteiger partial charge is 0.338 e. The Labute approximate surface area is 146 Å². The molecule has 7 heteroatoms. The lowest BCUT2D eigenvalue weighted by atomic mass is 10.4. The SMILES string of the molecule is C=C(C)C(=O)Oc1csc(Sc2cc(OC(=O)C(=C)C)cs2)c1. The molecule has 0 amide bonds. The highest BCUT2D eigenvalue weighted by atomic mass is 32.2. The molecular formula is C16H14O4S3. The first-order valence-electron chi connectivity index (χ1n) is 6.45. The molecule has 2 aromatic rings. The highest BCUT2D eigenvalue weighted by Gasteiger charge is 2.11. The highest BCUT2D eigenvalue weighted by molar-refractivity contribution is 8.02. The number of carbonyl (C=O) groups is 2. The van der Waals surface area contributed by atoms with Gasteiger partial charge in [-0.25, -0.2) is 9.59 Å². The summed E-state index contributed by atoms with van der Waals surface area (Å²) in [5, 5.41) is 3.53. The molecular weight excluding hydrogens is 352 g/mol. The highest BCUT2D eigenvalue weighted by Crippen LogP contribution is 2.40. The van der Waals surface area contributed by atoms with Crippen LogP contribution in [-0.2, 0) is 9.59 Å². The summed E-state index contributed by atoms with van der Waals surface area (Å²) in [5.41, 5.74) is 0.709. The van der Waals surface area contributed by atoms with Crippen LogP contribution in [0.1, 0.15) is 13.8 Å². The van der Waals surface area contributed by atoms with Crippen LogP contribution in [0, 0.1) is 0 Å². The van der Waals surface area contributed by atoms with Gasteiger partial charge in [-0.15, -0.1) is 22.7 Å². The van der Waals surface area contributed by atoms with E-state index >= 15 is 0 Å². The summed E-state index contributed by atoms with van der Waals surface area (Å²) in [6.45, 7) is 10.3. The number of esters is 2. The first-order chi connectivity index (χ1) is 10.8. The first kappa shape index (κ1) is 17.5. The fourth-order valence-electron chi connectivity index (χ4n) is 1.30. The van der Waals surface area contributed by atoms with Gasteiger partial charge in [-0.2, -0.15) is 0 Å². The van der Waals surface area contributed by atoms with Crippen molar-refractivity contribution >= 4 is 46.4 Å². The van der Waals surface area contributed by atoms with Crippen molar-refractivity contribution in [1.82, 2.24) is 0 Å². The third kappa shape index (κ3) is 5.09. The molecule has 0 saturated carbocycles. The standard InChI is InChI=1S/C16H14O4S3/c1-9(2)15(17)19-11-5-13(21-7-11)23-14-6-12(8-22-14)20-16(18)10(3)4/h5-8H,1,3H2,2,4H3. The second-order valence-electron chi connectivity index (χ2n) is 4.64. The predicted octanol–water partition coefficient (Wildman–Crippen LogP) is 4.92. The van der Waals surface area contributed by atoms with E-state index in [-0.39, 0.29) is 0 Å². The van der Waals surface area contributed by atoms with Crippen molar-refractivity contribution < 1.29 is 19.1 Å². The molecule has 0 spiro atoms. The molecule has 2 rings (SSSR count). The van der Waals surface area contributed by atoms with Crippen molar-refractivity contribution in [2.45, 2.75) is 22.3 Å². The van der Waals surface area contributed by atoms with Crippen molar-refractivity contribution in [3.63, 3.8) is 0 Å². The van der Waals surface area contributed by atoms with E-state index in [2.05, 4.69) is 13.2 Å². The maximum absolute atomic E-state index is 11.5. The zero-order valence-electron chi connectivity index (χ0n) is 12.6. The van der Waals surface area contributed by atoms with Gasteiger partial charge in [0.15, 0.2) is 0 Å². The normalized spacial score (nSPS) is 10.2. The lowest BCUT2D eigenvalue weighted by Crippen LogP contribution is -2.07. The van der Waals surface area contributed by atoms with Crippen LogP contribution in [0.3, 0.4) is 0 Å². The molecule has 0 radical (unpaired) electrons. The monoisotopic (exact) mass is 366 g/mol. The summed E-state index contributed by atoms with van der Waals surface area (Å²) in [6.07, 6.45) is 0. The topological polar surface area (TPSA) is 52.6 Å². The average Bonchev–Trinajstić information content (AvgIpc) is 3.09. The Hall–Kier alpha value is -1.83. The molecule has 2 heterocycles. The minimum absolute atomic E-state index is 0.354. The fraction of sp³-hybridized carbons (Fsp3) is 0.125. The Bertz CT molecular complexity index is 706. The van der Waals surface area contributed by atoms with Crippen molar-refractivity contribution in [2.75, 3.05) is 0 Å². The molecule has 0 atom stereocenters. The number of ether oxygens (including phenoxy) is 2. The van der Waals surface area contributed by atoms with Gasteiger partial charge in [-0.3, -0.25) is 0 Å². The minimum Gasteiger partial charge on any atom is -0.422 e. The number of thiophene rings is 2. The van der Waals surface area contributed by atoms with Crippen LogP contribution in [-0.4, -0.2) is 11.9 Å². The minimum atomic E-state index is -0.440. The van der Waals surface area contributed by atoms with Gasteiger partial charge in [-0.1, -0.05) is 24.9 Å². The first-order valence-corrected chi connectivity index (χ1v) is 9.03. The van der Waals surface area contributed by atoms with E-state index in [1.54, 1.807) is 36.7 Å². The van der Waals surface area contributed by atoms with Gasteiger partial charge in [0.25, 0.3) is 0 Å². The summed E-state index contributed by atoms with van der Waals surface area (Å²) in [4.78, 5) is 22.9. The Balaban J connectivity index is 1.98. The van der Waals surface area contributed by atoms with Crippen molar-refractivity contribution in [2.24, 2.45) is 0 Å². The molecule has 0 unspecified atom stereocenters. The molecule has 4 nitrogen and oxygen atoms in total. The Morgan fingerprint density at radius 3 is 1.65 bits per heavy atom. The van der Waals surface area contributed by atoms with Gasteiger partial charge in [0, 0.05) is 34.0 Å². The molecule has 0 aliphatic carbocycles. The van der Waals surface area contributed by atoms with Gasteiger partial charge in [0.2, 0.25) is 0 Å². The molecule has 0 saturated heterocycles. The van der Waals surface area contributed by atoms with E-state index in [0.717, 1.165) is 8.42 Å². The zero-order valence-corrected chi connectivity index (χ0v) is 15.0. The van der Waals surface area contributed by atoms with E-state index in [0.29, 0.717) is 22.6 Å². The van der Waals surface area contributed by atoms with Crippen molar-refractivity contribution in [1.29, 1.82) is 0 Å². The summed E-state index contributed by atoms with van der Waals surface area (Å²) >= 11 is 4.44. The van der Waals surface area contributed by atoms with E-state index in [4.69, 9.17) is 9.47 Å². The van der Waals surface area contributed by atoms with E-state index < -0.39 is 11.9 Å². The van der Waals surface area contributed by atoms with Crippen LogP contribution < -0.4 is 9.47 Å². The second-order valence-corrected chi connectivity index (χ2v) is 8.07. The number of hydrogen-bond acceptors (Lipinski definition) is 7. The van der Waals surface area contributed by atoms with Gasteiger partial charge in [-0.05, 0) is 13.8 Å². The van der Waals surface area contributed by atoms with Gasteiger partial charge in [0.05, 0.1) is 8.42 Å². The number of carbonyl (C=O) groups excluding carboxylic acids is 2. The van der Waals surface area contributed by atoms with E-state index in [9.17, 15) is 9.59 Å². The van der Waals surface area contributed by atoms with Crippen LogP contribution in [0.4, 0.5) is 0 Å². The summed E-state index contributed by atoms with van der Waals surface area (Å²) in [7, 11) is 0. The summed E-state index contributed by atoms with van der Waals surface area (Å²) in [5.74, 6) is 0.112. The second kappa shape index (κ2) is 7.63. The molecule has 0 aliphatic rings. The van der Waals surface area contributed by atoms with E-state index in [1.165, 1.54) is 34.4 Å². The molecule has 0 fully saturated rings. The summed E-state index contributed by atoms with van der Waals surface area (Å²) < 4.78 is 12.3. The molecule has 0 aliphatic heterocycles. The third-order valence-electron chi connectivity index (χ3n) is 2.42. The fourth-order valence-corrected chi connectivity index (χ4v) is 4.29. The molecule has 2 aromatic heterocycles. The maximum atomic E-state index is 11.5. The van der Waals surface area contributed by atoms with Crippen LogP contribution >= 0.6 is 34.4 Å². The molecule has 0 bridgehead atoms. The van der Waals surface area contributed by atoms with Crippen LogP contribution in [0.25, 0.3) is 0 Å². The molecule has 0 aromatic carbocycles. The lowest BCUT2D eigenvalue weighted by Gasteiger charge is -1.99. The Morgan fingerprint density at radius 2 is 1.30 bits per heavy atom. The molecule has 23 heavy (non-hydrogen) atoms. The molecule has 120 valence electrons. The van der Waals surface area contributed by atoms with E-state index in [1.807, 2.05) is 0 Å². The van der Waals surface area contributed by atoms with Crippen molar-refractivity contribution in [3.8, 4) is 11.5 Å². The lowest BCUT2D eigenvalue weighted by molar-refractivity contribution is -0.130. The van der Waals surface area contributed by atoms with Gasteiger partial charge >= 0.3 is 11.9 Å². The Morgan fingerprint density at radius 1 is 0.913 bits per heavy atom. The van der Waals surface area contributed by atoms with Crippen LogP contribution in [0.2, 0.25) is 0 Å². The van der Waals surface area contributed by atoms with Gasteiger partial charge in [0.1, 0.15) is 11.5 Å². The average molecular weight is 366 g/mol. The Kier molecular flexibility index (Phi) is 5.81. The zero-order chi connectivity index (χ0) is 17.0. The third-order valence-corrected chi connectivity index (χ3v) is 5.54. The van der Waals surface area contributed by atoms with Crippen molar-refractivity contribution in [3.05, 3.63) is 47.2 Å². The largest absolute Gasteiger partial charge is 0.422 e. The predicted molar refractivity (Wildman–Crippen MR) is 93.7 cm³/mol. The van der Waals surface area contributed by atoms with Gasteiger partial charge < -0.3 is 9.47 Å². The summed E-state index contributed by atoms with van der Waals surface area (Å²) in [6, 6.07) is 3.57. The molecule has 0 N–H and O–H groups in total. The van der Waals surface area contributed by atoms with Crippen LogP contribution in [0.5, 0.6) is 11.5 Å².